The number of carbonyl (C=O) groups excluding carboxylic acids is 1. The molecule has 0 spiro atoms. The fourth-order valence-corrected chi connectivity index (χ4v) is 4.92. The Morgan fingerprint density at radius 3 is 2.95 bits per heavy atom. The van der Waals surface area contributed by atoms with E-state index >= 15 is 0 Å². The third kappa shape index (κ3) is 4.44. The van der Waals surface area contributed by atoms with Crippen molar-refractivity contribution < 1.29 is 4.79 Å². The van der Waals surface area contributed by atoms with E-state index < -0.39 is 0 Å². The minimum atomic E-state index is 0.0942. The van der Waals surface area contributed by atoms with Crippen molar-refractivity contribution in [2.24, 2.45) is 0 Å². The van der Waals surface area contributed by atoms with E-state index in [2.05, 4.69) is 15.6 Å². The molecule has 0 saturated carbocycles. The number of carbonyl (C=O) groups is 1. The molecule has 2 aliphatic rings. The van der Waals surface area contributed by atoms with Gasteiger partial charge in [-0.2, -0.15) is 11.8 Å². The first kappa shape index (κ1) is 15.3. The molecule has 0 radical (unpaired) electrons. The molecular formula is C15H23N3OS2. The average molecular weight is 326 g/mol. The number of aromatic nitrogens is 1. The molecule has 1 unspecified atom stereocenters. The minimum Gasteiger partial charge on any atom is -0.312 e. The van der Waals surface area contributed by atoms with E-state index in [0.717, 1.165) is 36.0 Å². The second-order valence-electron chi connectivity index (χ2n) is 5.78. The van der Waals surface area contributed by atoms with Crippen LogP contribution >= 0.6 is 23.1 Å². The molecule has 1 aliphatic carbocycles. The van der Waals surface area contributed by atoms with E-state index in [0.29, 0.717) is 12.5 Å². The first-order valence-electron chi connectivity index (χ1n) is 7.91. The summed E-state index contributed by atoms with van der Waals surface area (Å²) in [7, 11) is 0. The van der Waals surface area contributed by atoms with Crippen LogP contribution in [0.3, 0.4) is 0 Å². The largest absolute Gasteiger partial charge is 0.312 e. The highest BCUT2D eigenvalue weighted by atomic mass is 32.2. The summed E-state index contributed by atoms with van der Waals surface area (Å²) in [5.74, 6) is 2.27. The number of thioether (sulfide) groups is 1. The van der Waals surface area contributed by atoms with E-state index in [1.165, 1.54) is 36.3 Å². The van der Waals surface area contributed by atoms with Gasteiger partial charge in [0.15, 0.2) is 5.13 Å². The first-order chi connectivity index (χ1) is 10.3. The van der Waals surface area contributed by atoms with Crippen molar-refractivity contribution in [1.29, 1.82) is 0 Å². The highest BCUT2D eigenvalue weighted by Crippen LogP contribution is 2.28. The summed E-state index contributed by atoms with van der Waals surface area (Å²) < 4.78 is 0. The summed E-state index contributed by atoms with van der Waals surface area (Å²) in [6, 6.07) is 0.310. The van der Waals surface area contributed by atoms with Crippen LogP contribution in [0.2, 0.25) is 0 Å². The van der Waals surface area contributed by atoms with Gasteiger partial charge in [0.1, 0.15) is 0 Å². The van der Waals surface area contributed by atoms with Crippen molar-refractivity contribution in [3.63, 3.8) is 0 Å². The van der Waals surface area contributed by atoms with Crippen LogP contribution in [-0.2, 0) is 17.6 Å². The van der Waals surface area contributed by atoms with Gasteiger partial charge in [-0.15, -0.1) is 11.3 Å². The van der Waals surface area contributed by atoms with Gasteiger partial charge in [0.05, 0.1) is 5.69 Å². The summed E-state index contributed by atoms with van der Waals surface area (Å²) in [6.07, 6.45) is 7.87. The van der Waals surface area contributed by atoms with E-state index in [1.54, 1.807) is 11.3 Å². The van der Waals surface area contributed by atoms with Gasteiger partial charge >= 0.3 is 0 Å². The monoisotopic (exact) mass is 325 g/mol. The Morgan fingerprint density at radius 2 is 2.14 bits per heavy atom. The van der Waals surface area contributed by atoms with E-state index in [1.807, 2.05) is 11.8 Å². The van der Waals surface area contributed by atoms with Crippen LogP contribution in [0.25, 0.3) is 0 Å². The van der Waals surface area contributed by atoms with Crippen molar-refractivity contribution in [3.05, 3.63) is 10.6 Å². The van der Waals surface area contributed by atoms with E-state index in [4.69, 9.17) is 0 Å². The molecule has 1 aromatic rings. The topological polar surface area (TPSA) is 54.0 Å². The summed E-state index contributed by atoms with van der Waals surface area (Å²) in [5.41, 5.74) is 1.22. The number of anilines is 1. The normalized spacial score (nSPS) is 23.0. The highest BCUT2D eigenvalue weighted by Gasteiger charge is 2.19. The van der Waals surface area contributed by atoms with Crippen LogP contribution in [0.5, 0.6) is 0 Å². The predicted octanol–water partition coefficient (Wildman–Crippen LogP) is 2.84. The van der Waals surface area contributed by atoms with Crippen LogP contribution in [0, 0.1) is 0 Å². The Balaban J connectivity index is 1.56. The van der Waals surface area contributed by atoms with Crippen LogP contribution in [0.1, 0.15) is 42.7 Å². The van der Waals surface area contributed by atoms with E-state index in [9.17, 15) is 4.79 Å². The zero-order valence-corrected chi connectivity index (χ0v) is 14.0. The molecule has 4 nitrogen and oxygen atoms in total. The van der Waals surface area contributed by atoms with Gasteiger partial charge < -0.3 is 10.6 Å². The van der Waals surface area contributed by atoms with Crippen molar-refractivity contribution in [1.82, 2.24) is 10.3 Å². The van der Waals surface area contributed by atoms with Gasteiger partial charge in [-0.05, 0) is 25.7 Å². The van der Waals surface area contributed by atoms with E-state index in [-0.39, 0.29) is 5.91 Å². The predicted molar refractivity (Wildman–Crippen MR) is 90.4 cm³/mol. The molecule has 1 saturated heterocycles. The van der Waals surface area contributed by atoms with Gasteiger partial charge in [0, 0.05) is 35.4 Å². The Hall–Kier alpha value is -0.590. The number of amides is 1. The molecule has 1 atom stereocenters. The lowest BCUT2D eigenvalue weighted by Crippen LogP contribution is -2.39. The van der Waals surface area contributed by atoms with Crippen molar-refractivity contribution >= 4 is 34.1 Å². The second kappa shape index (κ2) is 7.61. The van der Waals surface area contributed by atoms with Gasteiger partial charge in [-0.3, -0.25) is 4.79 Å². The number of nitrogens with zero attached hydrogens (tertiary/aromatic N) is 1. The first-order valence-corrected chi connectivity index (χ1v) is 9.88. The molecular weight excluding hydrogens is 302 g/mol. The quantitative estimate of drug-likeness (QED) is 0.897. The summed E-state index contributed by atoms with van der Waals surface area (Å²) in [5, 5.41) is 7.21. The fraction of sp³-hybridized carbons (Fsp3) is 0.733. The zero-order chi connectivity index (χ0) is 14.5. The summed E-state index contributed by atoms with van der Waals surface area (Å²) >= 11 is 3.60. The molecule has 6 heteroatoms. The van der Waals surface area contributed by atoms with Crippen molar-refractivity contribution in [2.75, 3.05) is 23.4 Å². The number of hydrogen-bond acceptors (Lipinski definition) is 5. The molecule has 0 aromatic carbocycles. The molecule has 2 heterocycles. The Labute approximate surface area is 134 Å². The molecule has 3 rings (SSSR count). The number of fused-ring (bicyclic) bond motifs is 1. The molecule has 1 aromatic heterocycles. The van der Waals surface area contributed by atoms with Crippen LogP contribution in [0.4, 0.5) is 5.13 Å². The van der Waals surface area contributed by atoms with Gasteiger partial charge in [-0.25, -0.2) is 4.98 Å². The average Bonchev–Trinajstić information content (AvgIpc) is 2.81. The Kier molecular flexibility index (Phi) is 5.55. The molecule has 1 fully saturated rings. The molecule has 2 N–H and O–H groups in total. The lowest BCUT2D eigenvalue weighted by molar-refractivity contribution is -0.116. The van der Waals surface area contributed by atoms with Crippen LogP contribution in [-0.4, -0.2) is 35.0 Å². The summed E-state index contributed by atoms with van der Waals surface area (Å²) in [4.78, 5) is 18.2. The van der Waals surface area contributed by atoms with Gasteiger partial charge in [0.2, 0.25) is 5.91 Å². The van der Waals surface area contributed by atoms with Gasteiger partial charge in [0.25, 0.3) is 0 Å². The number of hydrogen-bond donors (Lipinski definition) is 2. The Bertz CT molecular complexity index is 458. The number of aryl methyl sites for hydroxylation is 2. The third-order valence-corrected chi connectivity index (χ3v) is 6.23. The number of rotatable bonds is 3. The molecule has 116 valence electrons. The Morgan fingerprint density at radius 1 is 1.29 bits per heavy atom. The molecule has 1 amide bonds. The van der Waals surface area contributed by atoms with Crippen molar-refractivity contribution in [2.45, 2.75) is 51.0 Å². The number of thiazole rings is 1. The summed E-state index contributed by atoms with van der Waals surface area (Å²) in [6.45, 7) is 1.01. The SMILES string of the molecule is O=C(CC1CSCCN1)Nc1nc2c(s1)CCCCCC2. The van der Waals surface area contributed by atoms with Crippen LogP contribution < -0.4 is 10.6 Å². The van der Waals surface area contributed by atoms with Crippen molar-refractivity contribution in [3.8, 4) is 0 Å². The smallest absolute Gasteiger partial charge is 0.227 e. The van der Waals surface area contributed by atoms with Gasteiger partial charge in [-0.1, -0.05) is 12.8 Å². The standard InChI is InChI=1S/C15H23N3OS2/c19-14(9-11-10-20-8-7-16-11)18-15-17-12-5-3-1-2-4-6-13(12)21-15/h11,16H,1-10H2,(H,17,18,19). The third-order valence-electron chi connectivity index (χ3n) is 4.02. The number of nitrogens with one attached hydrogen (secondary N) is 2. The molecule has 21 heavy (non-hydrogen) atoms. The highest BCUT2D eigenvalue weighted by molar-refractivity contribution is 7.99. The zero-order valence-electron chi connectivity index (χ0n) is 12.3. The maximum Gasteiger partial charge on any atom is 0.227 e. The fourth-order valence-electron chi connectivity index (χ4n) is 2.90. The lowest BCUT2D eigenvalue weighted by Gasteiger charge is -2.22. The maximum atomic E-state index is 12.1. The maximum absolute atomic E-state index is 12.1. The lowest BCUT2D eigenvalue weighted by atomic mass is 10.0. The van der Waals surface area contributed by atoms with Crippen LogP contribution in [0.15, 0.2) is 0 Å². The molecule has 0 bridgehead atoms. The molecule has 1 aliphatic heterocycles. The minimum absolute atomic E-state index is 0.0942. The second-order valence-corrected chi connectivity index (χ2v) is 8.01.